The van der Waals surface area contributed by atoms with Crippen LogP contribution in [0.15, 0.2) is 0 Å². The van der Waals surface area contributed by atoms with Crippen molar-refractivity contribution in [3.63, 3.8) is 0 Å². The normalized spacial score (nSPS) is 12.0. The summed E-state index contributed by atoms with van der Waals surface area (Å²) in [6.07, 6.45) is 14.7. The Morgan fingerprint density at radius 3 is 1.79 bits per heavy atom. The molecule has 172 valence electrons. The van der Waals surface area contributed by atoms with Crippen molar-refractivity contribution in [1.82, 2.24) is 0 Å². The highest BCUT2D eigenvalue weighted by atomic mass is 16.5. The molecule has 0 saturated carbocycles. The smallest absolute Gasteiger partial charge is 0.305 e. The molecular formula is C24H46O5. The molecule has 0 aromatic rings. The minimum atomic E-state index is -0.122. The first-order chi connectivity index (χ1) is 14.1. The van der Waals surface area contributed by atoms with Crippen molar-refractivity contribution in [3.05, 3.63) is 0 Å². The van der Waals surface area contributed by atoms with Gasteiger partial charge < -0.3 is 14.2 Å². The quantitative estimate of drug-likeness (QED) is 0.165. The van der Waals surface area contributed by atoms with Crippen molar-refractivity contribution in [3.8, 4) is 0 Å². The van der Waals surface area contributed by atoms with Crippen molar-refractivity contribution in [2.75, 3.05) is 26.9 Å². The van der Waals surface area contributed by atoms with Crippen LogP contribution in [-0.2, 0) is 23.8 Å². The third-order valence-electron chi connectivity index (χ3n) is 5.26. The fourth-order valence-electron chi connectivity index (χ4n) is 3.31. The number of rotatable bonds is 21. The van der Waals surface area contributed by atoms with Gasteiger partial charge in [0.15, 0.2) is 0 Å². The van der Waals surface area contributed by atoms with Crippen molar-refractivity contribution in [2.24, 2.45) is 5.92 Å². The lowest BCUT2D eigenvalue weighted by molar-refractivity contribution is -0.144. The molecule has 0 rings (SSSR count). The molecular weight excluding hydrogens is 368 g/mol. The molecule has 0 amide bonds. The fourth-order valence-corrected chi connectivity index (χ4v) is 3.31. The maximum atomic E-state index is 11.9. The van der Waals surface area contributed by atoms with Crippen LogP contribution in [0.2, 0.25) is 0 Å². The summed E-state index contributed by atoms with van der Waals surface area (Å²) in [6, 6.07) is 0. The van der Waals surface area contributed by atoms with Gasteiger partial charge in [0, 0.05) is 26.6 Å². The molecule has 0 aliphatic rings. The first-order valence-corrected chi connectivity index (χ1v) is 11.9. The van der Waals surface area contributed by atoms with Gasteiger partial charge in [-0.3, -0.25) is 9.59 Å². The van der Waals surface area contributed by atoms with Crippen LogP contribution in [-0.4, -0.2) is 38.9 Å². The largest absolute Gasteiger partial charge is 0.466 e. The van der Waals surface area contributed by atoms with Crippen LogP contribution in [0.5, 0.6) is 0 Å². The van der Waals surface area contributed by atoms with Crippen molar-refractivity contribution >= 4 is 11.9 Å². The van der Waals surface area contributed by atoms with E-state index in [1.165, 1.54) is 32.1 Å². The SMILES string of the molecule is CCCCCCC(CCOC)CCOC(=O)CCCCCC(=O)OCCCCC. The van der Waals surface area contributed by atoms with Crippen LogP contribution >= 0.6 is 0 Å². The first-order valence-electron chi connectivity index (χ1n) is 11.9. The Labute approximate surface area is 179 Å². The molecule has 0 bridgehead atoms. The molecule has 0 radical (unpaired) electrons. The van der Waals surface area contributed by atoms with E-state index in [0.717, 1.165) is 58.0 Å². The topological polar surface area (TPSA) is 61.8 Å². The summed E-state index contributed by atoms with van der Waals surface area (Å²) in [5, 5.41) is 0. The standard InChI is InChI=1S/C24H46O5/c1-4-6-8-10-14-22(17-20-27-3)18-21-29-24(26)16-12-9-11-15-23(25)28-19-13-7-5-2/h22H,4-21H2,1-3H3. The molecule has 0 spiro atoms. The number of carbonyl (C=O) groups excluding carboxylic acids is 2. The van der Waals surface area contributed by atoms with Crippen molar-refractivity contribution < 1.29 is 23.8 Å². The Balaban J connectivity index is 3.70. The van der Waals surface area contributed by atoms with E-state index in [-0.39, 0.29) is 11.9 Å². The number of esters is 2. The molecule has 1 unspecified atom stereocenters. The van der Waals surface area contributed by atoms with E-state index in [4.69, 9.17) is 14.2 Å². The van der Waals surface area contributed by atoms with E-state index in [9.17, 15) is 9.59 Å². The summed E-state index contributed by atoms with van der Waals surface area (Å²) in [5.74, 6) is 0.330. The third kappa shape index (κ3) is 20.0. The first kappa shape index (κ1) is 27.9. The van der Waals surface area contributed by atoms with Crippen LogP contribution in [0.3, 0.4) is 0 Å². The van der Waals surface area contributed by atoms with E-state index in [2.05, 4.69) is 13.8 Å². The minimum absolute atomic E-state index is 0.121. The van der Waals surface area contributed by atoms with Gasteiger partial charge in [0.25, 0.3) is 0 Å². The van der Waals surface area contributed by atoms with E-state index in [1.54, 1.807) is 7.11 Å². The van der Waals surface area contributed by atoms with Crippen LogP contribution in [0.4, 0.5) is 0 Å². The summed E-state index contributed by atoms with van der Waals surface area (Å²) >= 11 is 0. The van der Waals surface area contributed by atoms with Gasteiger partial charge >= 0.3 is 11.9 Å². The number of carbonyl (C=O) groups is 2. The summed E-state index contributed by atoms with van der Waals surface area (Å²) in [6.45, 7) is 6.16. The Morgan fingerprint density at radius 2 is 1.17 bits per heavy atom. The van der Waals surface area contributed by atoms with Crippen LogP contribution < -0.4 is 0 Å². The second kappa shape index (κ2) is 21.6. The molecule has 0 aliphatic carbocycles. The molecule has 0 fully saturated rings. The van der Waals surface area contributed by atoms with Crippen molar-refractivity contribution in [1.29, 1.82) is 0 Å². The average Bonchev–Trinajstić information content (AvgIpc) is 2.71. The molecule has 5 nitrogen and oxygen atoms in total. The van der Waals surface area contributed by atoms with Gasteiger partial charge in [0.1, 0.15) is 0 Å². The predicted octanol–water partition coefficient (Wildman–Crippen LogP) is 6.23. The Hall–Kier alpha value is -1.10. The van der Waals surface area contributed by atoms with Gasteiger partial charge in [0.2, 0.25) is 0 Å². The molecule has 5 heteroatoms. The maximum Gasteiger partial charge on any atom is 0.305 e. The summed E-state index contributed by atoms with van der Waals surface area (Å²) < 4.78 is 15.8. The average molecular weight is 415 g/mol. The molecule has 29 heavy (non-hydrogen) atoms. The third-order valence-corrected chi connectivity index (χ3v) is 5.26. The van der Waals surface area contributed by atoms with E-state index >= 15 is 0 Å². The lowest BCUT2D eigenvalue weighted by Crippen LogP contribution is -2.12. The molecule has 0 N–H and O–H groups in total. The highest BCUT2D eigenvalue weighted by Gasteiger charge is 2.11. The van der Waals surface area contributed by atoms with Gasteiger partial charge in [-0.1, -0.05) is 65.2 Å². The second-order valence-corrected chi connectivity index (χ2v) is 7.99. The van der Waals surface area contributed by atoms with E-state index in [1.807, 2.05) is 0 Å². The van der Waals surface area contributed by atoms with Crippen molar-refractivity contribution in [2.45, 2.75) is 110 Å². The highest BCUT2D eigenvalue weighted by molar-refractivity contribution is 5.69. The minimum Gasteiger partial charge on any atom is -0.466 e. The molecule has 0 aromatic carbocycles. The summed E-state index contributed by atoms with van der Waals surface area (Å²) in [4.78, 5) is 23.5. The summed E-state index contributed by atoms with van der Waals surface area (Å²) in [7, 11) is 1.74. The molecule has 0 aliphatic heterocycles. The monoisotopic (exact) mass is 414 g/mol. The fraction of sp³-hybridized carbons (Fsp3) is 0.917. The van der Waals surface area contributed by atoms with Gasteiger partial charge in [-0.05, 0) is 38.0 Å². The van der Waals surface area contributed by atoms with Crippen LogP contribution in [0.1, 0.15) is 110 Å². The lowest BCUT2D eigenvalue weighted by Gasteiger charge is -2.16. The van der Waals surface area contributed by atoms with Gasteiger partial charge in [-0.15, -0.1) is 0 Å². The number of unbranched alkanes of at least 4 members (excludes halogenated alkanes) is 7. The van der Waals surface area contributed by atoms with Gasteiger partial charge in [0.05, 0.1) is 13.2 Å². The number of methoxy groups -OCH3 is 1. The Morgan fingerprint density at radius 1 is 0.621 bits per heavy atom. The van der Waals surface area contributed by atoms with E-state index < -0.39 is 0 Å². The zero-order valence-electron chi connectivity index (χ0n) is 19.3. The highest BCUT2D eigenvalue weighted by Crippen LogP contribution is 2.18. The van der Waals surface area contributed by atoms with Crippen LogP contribution in [0.25, 0.3) is 0 Å². The van der Waals surface area contributed by atoms with Gasteiger partial charge in [-0.2, -0.15) is 0 Å². The number of hydrogen-bond acceptors (Lipinski definition) is 5. The van der Waals surface area contributed by atoms with E-state index in [0.29, 0.717) is 32.0 Å². The molecule has 0 heterocycles. The zero-order chi connectivity index (χ0) is 21.6. The Kier molecular flexibility index (Phi) is 20.8. The maximum absolute atomic E-state index is 11.9. The molecule has 1 atom stereocenters. The zero-order valence-corrected chi connectivity index (χ0v) is 19.3. The molecule has 0 aromatic heterocycles. The number of ether oxygens (including phenoxy) is 3. The van der Waals surface area contributed by atoms with Crippen LogP contribution in [0, 0.1) is 5.92 Å². The Bertz CT molecular complexity index is 383. The predicted molar refractivity (Wildman–Crippen MR) is 118 cm³/mol. The summed E-state index contributed by atoms with van der Waals surface area (Å²) in [5.41, 5.74) is 0. The molecule has 0 saturated heterocycles. The lowest BCUT2D eigenvalue weighted by atomic mass is 9.95. The van der Waals surface area contributed by atoms with Gasteiger partial charge in [-0.25, -0.2) is 0 Å². The second-order valence-electron chi connectivity index (χ2n) is 7.99. The number of hydrogen-bond donors (Lipinski definition) is 0.